The van der Waals surface area contributed by atoms with Crippen LogP contribution >= 0.6 is 0 Å². The maximum Gasteiger partial charge on any atom is 0.330 e. The number of carbonyl (C=O) groups is 1. The summed E-state index contributed by atoms with van der Waals surface area (Å²) in [7, 11) is 0. The van der Waals surface area contributed by atoms with Crippen LogP contribution in [0, 0.1) is 0 Å². The fraction of sp³-hybridized carbons (Fsp3) is 0.483. The number of aromatic hydroxyl groups is 4. The van der Waals surface area contributed by atoms with Crippen LogP contribution in [0.5, 0.6) is 23.0 Å². The maximum atomic E-state index is 12.4. The molecule has 0 unspecified atom stereocenters. The van der Waals surface area contributed by atoms with Crippen molar-refractivity contribution in [1.82, 2.24) is 0 Å². The molecule has 16 heteroatoms. The first-order valence-electron chi connectivity index (χ1n) is 13.9. The summed E-state index contributed by atoms with van der Waals surface area (Å²) in [6.07, 6.45) is -13.9. The van der Waals surface area contributed by atoms with Gasteiger partial charge in [-0.1, -0.05) is 12.1 Å². The summed E-state index contributed by atoms with van der Waals surface area (Å²) < 4.78 is 27.5. The molecule has 2 aliphatic heterocycles. The molecule has 2 saturated heterocycles. The maximum absolute atomic E-state index is 12.4. The van der Waals surface area contributed by atoms with Gasteiger partial charge < -0.3 is 74.7 Å². The number of phenols is 4. The number of phenolic OH excluding ortho intramolecular Hbond substituents is 4. The smallest absolute Gasteiger partial charge is 0.330 e. The third-order valence-corrected chi connectivity index (χ3v) is 7.30. The summed E-state index contributed by atoms with van der Waals surface area (Å²) in [4.78, 5) is 12.4. The van der Waals surface area contributed by atoms with Crippen molar-refractivity contribution in [2.24, 2.45) is 0 Å². The Morgan fingerprint density at radius 3 is 2.09 bits per heavy atom. The Kier molecular flexibility index (Phi) is 11.6. The molecule has 2 aromatic rings. The van der Waals surface area contributed by atoms with Gasteiger partial charge in [-0.05, 0) is 47.9 Å². The quantitative estimate of drug-likeness (QED) is 0.0720. The second kappa shape index (κ2) is 15.2. The summed E-state index contributed by atoms with van der Waals surface area (Å²) in [5, 5.41) is 100. The van der Waals surface area contributed by atoms with Gasteiger partial charge in [0.25, 0.3) is 0 Å². The molecule has 248 valence electrons. The van der Waals surface area contributed by atoms with E-state index in [1.54, 1.807) is 0 Å². The van der Waals surface area contributed by atoms with Gasteiger partial charge in [0.2, 0.25) is 0 Å². The highest BCUT2D eigenvalue weighted by Gasteiger charge is 2.51. The van der Waals surface area contributed by atoms with E-state index < -0.39 is 86.3 Å². The number of carbonyl (C=O) groups excluding carboxylic acids is 1. The van der Waals surface area contributed by atoms with E-state index in [1.165, 1.54) is 42.5 Å². The van der Waals surface area contributed by atoms with Gasteiger partial charge in [-0.2, -0.15) is 0 Å². The second-order valence-corrected chi connectivity index (χ2v) is 10.5. The fourth-order valence-corrected chi connectivity index (χ4v) is 4.71. The monoisotopic (exact) mass is 640 g/mol. The summed E-state index contributed by atoms with van der Waals surface area (Å²) in [5.41, 5.74) is 0.923. The Hall–Kier alpha value is -3.55. The molecule has 16 nitrogen and oxygen atoms in total. The average Bonchev–Trinajstić information content (AvgIpc) is 3.01. The largest absolute Gasteiger partial charge is 0.504 e. The van der Waals surface area contributed by atoms with E-state index >= 15 is 0 Å². The summed E-state index contributed by atoms with van der Waals surface area (Å²) in [5.74, 6) is -2.31. The molecule has 0 aliphatic carbocycles. The van der Waals surface area contributed by atoms with Crippen molar-refractivity contribution in [3.05, 3.63) is 53.6 Å². The molecule has 4 rings (SSSR count). The molecule has 0 bridgehead atoms. The Bertz CT molecular complexity index is 1320. The van der Waals surface area contributed by atoms with E-state index in [1.807, 2.05) is 0 Å². The Morgan fingerprint density at radius 2 is 1.42 bits per heavy atom. The second-order valence-electron chi connectivity index (χ2n) is 10.5. The van der Waals surface area contributed by atoms with Crippen molar-refractivity contribution in [3.63, 3.8) is 0 Å². The average molecular weight is 641 g/mol. The normalized spacial score (nSPS) is 32.0. The molecule has 2 heterocycles. The van der Waals surface area contributed by atoms with Gasteiger partial charge in [-0.3, -0.25) is 0 Å². The molecule has 2 aromatic carbocycles. The zero-order chi connectivity index (χ0) is 32.8. The molecule has 0 radical (unpaired) electrons. The van der Waals surface area contributed by atoms with Gasteiger partial charge in [0.1, 0.15) is 55.4 Å². The Labute approximate surface area is 256 Å². The standard InChI is InChI=1S/C29H36O16/c30-11-19-22(36)24(38)25(39)29(43-19)45-27-23(37)20(12-42-21(35)6-3-13-1-4-15(31)17(33)9-13)44-28(26(27)40)41-8-7-14-2-5-16(32)18(34)10-14/h1-6,9-10,19-20,22-34,36-40H,7-8,11-12H2/t19-,20-,22-,23-,24+,25-,26-,27+,28-,29+/m1/s1. The van der Waals surface area contributed by atoms with Gasteiger partial charge in [0, 0.05) is 6.08 Å². The van der Waals surface area contributed by atoms with Crippen molar-refractivity contribution in [3.8, 4) is 23.0 Å². The lowest BCUT2D eigenvalue weighted by atomic mass is 9.97. The lowest BCUT2D eigenvalue weighted by molar-refractivity contribution is -0.360. The SMILES string of the molecule is O=C(C=Cc1ccc(O)c(O)c1)OC[C@H]1O[C@@H](OCCc2ccc(O)c(O)c2)[C@H](O)[C@@H](O[C@@H]2O[C@H](CO)[C@@H](O)[C@H](O)[C@H]2O)[C@@H]1O. The van der Waals surface area contributed by atoms with Crippen LogP contribution in [0.15, 0.2) is 42.5 Å². The summed E-state index contributed by atoms with van der Waals surface area (Å²) in [6.45, 7) is -1.44. The predicted octanol–water partition coefficient (Wildman–Crippen LogP) is -2.04. The number of aliphatic hydroxyl groups is 6. The number of benzene rings is 2. The molecule has 0 amide bonds. The van der Waals surface area contributed by atoms with E-state index in [0.717, 1.165) is 6.08 Å². The van der Waals surface area contributed by atoms with Crippen LogP contribution < -0.4 is 0 Å². The zero-order valence-electron chi connectivity index (χ0n) is 23.6. The van der Waals surface area contributed by atoms with Crippen molar-refractivity contribution >= 4 is 12.0 Å². The van der Waals surface area contributed by atoms with Crippen molar-refractivity contribution in [1.29, 1.82) is 0 Å². The lowest BCUT2D eigenvalue weighted by Crippen LogP contribution is -2.65. The van der Waals surface area contributed by atoms with Gasteiger partial charge in [-0.15, -0.1) is 0 Å². The highest BCUT2D eigenvalue weighted by atomic mass is 16.7. The first-order valence-corrected chi connectivity index (χ1v) is 13.9. The Morgan fingerprint density at radius 1 is 0.756 bits per heavy atom. The number of hydrogen-bond acceptors (Lipinski definition) is 16. The predicted molar refractivity (Wildman–Crippen MR) is 149 cm³/mol. The summed E-state index contributed by atoms with van der Waals surface area (Å²) >= 11 is 0. The number of hydrogen-bond donors (Lipinski definition) is 10. The molecule has 45 heavy (non-hydrogen) atoms. The first-order chi connectivity index (χ1) is 21.4. The first kappa shape index (κ1) is 34.3. The molecule has 10 N–H and O–H groups in total. The van der Waals surface area contributed by atoms with Crippen molar-refractivity contribution < 1.29 is 79.5 Å². The van der Waals surface area contributed by atoms with Crippen LogP contribution in [0.3, 0.4) is 0 Å². The number of esters is 1. The third-order valence-electron chi connectivity index (χ3n) is 7.30. The minimum absolute atomic E-state index is 0.108. The van der Waals surface area contributed by atoms with Crippen LogP contribution in [0.4, 0.5) is 0 Å². The van der Waals surface area contributed by atoms with E-state index in [-0.39, 0.29) is 30.3 Å². The summed E-state index contributed by atoms with van der Waals surface area (Å²) in [6, 6.07) is 7.97. The highest BCUT2D eigenvalue weighted by Crippen LogP contribution is 2.31. The molecule has 0 aromatic heterocycles. The zero-order valence-corrected chi connectivity index (χ0v) is 23.6. The van der Waals surface area contributed by atoms with Gasteiger partial charge in [0.05, 0.1) is 13.2 Å². The third kappa shape index (κ3) is 8.39. The van der Waals surface area contributed by atoms with Crippen LogP contribution in [0.2, 0.25) is 0 Å². The molecule has 2 aliphatic rings. The van der Waals surface area contributed by atoms with Crippen LogP contribution in [0.25, 0.3) is 6.08 Å². The lowest BCUT2D eigenvalue weighted by Gasteiger charge is -2.46. The van der Waals surface area contributed by atoms with Crippen molar-refractivity contribution in [2.75, 3.05) is 19.8 Å². The van der Waals surface area contributed by atoms with E-state index in [2.05, 4.69) is 0 Å². The van der Waals surface area contributed by atoms with Crippen LogP contribution in [-0.4, -0.2) is 138 Å². The van der Waals surface area contributed by atoms with Crippen LogP contribution in [0.1, 0.15) is 11.1 Å². The van der Waals surface area contributed by atoms with E-state index in [9.17, 15) is 55.9 Å². The molecule has 2 fully saturated rings. The molecular weight excluding hydrogens is 604 g/mol. The van der Waals surface area contributed by atoms with Gasteiger partial charge in [-0.25, -0.2) is 4.79 Å². The number of ether oxygens (including phenoxy) is 5. The topological polar surface area (TPSA) is 266 Å². The van der Waals surface area contributed by atoms with E-state index in [0.29, 0.717) is 11.1 Å². The molecule has 0 spiro atoms. The number of aliphatic hydroxyl groups excluding tert-OH is 6. The fourth-order valence-electron chi connectivity index (χ4n) is 4.71. The number of rotatable bonds is 11. The minimum atomic E-state index is -1.85. The van der Waals surface area contributed by atoms with Gasteiger partial charge >= 0.3 is 5.97 Å². The van der Waals surface area contributed by atoms with Gasteiger partial charge in [0.15, 0.2) is 35.6 Å². The Balaban J connectivity index is 1.45. The molecule has 0 saturated carbocycles. The van der Waals surface area contributed by atoms with E-state index in [4.69, 9.17) is 23.7 Å². The van der Waals surface area contributed by atoms with Crippen LogP contribution in [-0.2, 0) is 34.9 Å². The highest BCUT2D eigenvalue weighted by molar-refractivity contribution is 5.87. The minimum Gasteiger partial charge on any atom is -0.504 e. The molecular formula is C29H36O16. The molecule has 10 atom stereocenters. The van der Waals surface area contributed by atoms with Crippen molar-refractivity contribution in [2.45, 2.75) is 67.8 Å².